The summed E-state index contributed by atoms with van der Waals surface area (Å²) < 4.78 is 41.5. The Kier molecular flexibility index (Phi) is 6.48. The highest BCUT2D eigenvalue weighted by molar-refractivity contribution is 6.03. The number of hydrogen-bond donors (Lipinski definition) is 0. The molecule has 0 aliphatic carbocycles. The van der Waals surface area contributed by atoms with Crippen LogP contribution in [0.1, 0.15) is 27.2 Å². The Labute approximate surface area is 110 Å². The molecule has 0 aromatic rings. The van der Waals surface area contributed by atoms with Crippen molar-refractivity contribution in [3.05, 3.63) is 0 Å². The van der Waals surface area contributed by atoms with Crippen molar-refractivity contribution in [2.24, 2.45) is 5.41 Å². The average molecular weight is 283 g/mol. The number of carbonyl (C=O) groups is 2. The van der Waals surface area contributed by atoms with Crippen molar-refractivity contribution in [2.75, 3.05) is 26.7 Å². The third-order valence-electron chi connectivity index (χ3n) is 2.70. The van der Waals surface area contributed by atoms with E-state index in [0.29, 0.717) is 6.42 Å². The maximum absolute atomic E-state index is 12.4. The predicted molar refractivity (Wildman–Crippen MR) is 63.6 cm³/mol. The van der Waals surface area contributed by atoms with Gasteiger partial charge in [0.05, 0.1) is 20.2 Å². The van der Waals surface area contributed by atoms with Gasteiger partial charge in [-0.3, -0.25) is 14.5 Å². The summed E-state index contributed by atoms with van der Waals surface area (Å²) in [5, 5.41) is 0. The molecule has 0 N–H and O–H groups in total. The van der Waals surface area contributed by atoms with E-state index in [0.717, 1.165) is 12.0 Å². The SMILES string of the molecule is CCCN(CC(=O)C(C)(C)C(=O)OC)CC(F)(F)F. The number of hydrogen-bond acceptors (Lipinski definition) is 4. The fourth-order valence-electron chi connectivity index (χ4n) is 1.55. The largest absolute Gasteiger partial charge is 0.468 e. The van der Waals surface area contributed by atoms with E-state index in [-0.39, 0.29) is 6.54 Å². The summed E-state index contributed by atoms with van der Waals surface area (Å²) in [6.07, 6.45) is -3.88. The molecule has 112 valence electrons. The van der Waals surface area contributed by atoms with Gasteiger partial charge in [0.2, 0.25) is 0 Å². The zero-order chi connectivity index (χ0) is 15.3. The van der Waals surface area contributed by atoms with Gasteiger partial charge in [-0.05, 0) is 26.8 Å². The second-order valence-corrected chi connectivity index (χ2v) is 4.87. The molecule has 0 aromatic heterocycles. The summed E-state index contributed by atoms with van der Waals surface area (Å²) in [6, 6.07) is 0. The first-order valence-corrected chi connectivity index (χ1v) is 5.95. The second kappa shape index (κ2) is 6.88. The Hall–Kier alpha value is -1.11. The van der Waals surface area contributed by atoms with Gasteiger partial charge in [-0.2, -0.15) is 13.2 Å². The minimum Gasteiger partial charge on any atom is -0.468 e. The molecule has 0 saturated carbocycles. The quantitative estimate of drug-likeness (QED) is 0.530. The maximum Gasteiger partial charge on any atom is 0.401 e. The lowest BCUT2D eigenvalue weighted by molar-refractivity contribution is -0.158. The van der Waals surface area contributed by atoms with Gasteiger partial charge in [0.25, 0.3) is 0 Å². The van der Waals surface area contributed by atoms with Gasteiger partial charge < -0.3 is 4.74 Å². The first-order chi connectivity index (χ1) is 8.54. The van der Waals surface area contributed by atoms with Crippen molar-refractivity contribution in [2.45, 2.75) is 33.4 Å². The predicted octanol–water partition coefficient (Wildman–Crippen LogP) is 2.03. The molecule has 0 amide bonds. The number of nitrogens with zero attached hydrogens (tertiary/aromatic N) is 1. The number of esters is 1. The highest BCUT2D eigenvalue weighted by atomic mass is 19.4. The van der Waals surface area contributed by atoms with Gasteiger partial charge in [0.1, 0.15) is 5.41 Å². The number of methoxy groups -OCH3 is 1. The van der Waals surface area contributed by atoms with E-state index in [1.807, 2.05) is 0 Å². The minimum atomic E-state index is -4.37. The van der Waals surface area contributed by atoms with Crippen LogP contribution in [0.4, 0.5) is 13.2 Å². The number of carbonyl (C=O) groups excluding carboxylic acids is 2. The first-order valence-electron chi connectivity index (χ1n) is 5.95. The summed E-state index contributed by atoms with van der Waals surface area (Å²) in [4.78, 5) is 24.3. The van der Waals surface area contributed by atoms with E-state index in [1.165, 1.54) is 13.8 Å². The van der Waals surface area contributed by atoms with Crippen LogP contribution in [-0.4, -0.2) is 49.6 Å². The topological polar surface area (TPSA) is 46.6 Å². The van der Waals surface area contributed by atoms with Gasteiger partial charge in [0.15, 0.2) is 5.78 Å². The fourth-order valence-corrected chi connectivity index (χ4v) is 1.55. The van der Waals surface area contributed by atoms with E-state index >= 15 is 0 Å². The smallest absolute Gasteiger partial charge is 0.401 e. The summed E-state index contributed by atoms with van der Waals surface area (Å²) in [6.45, 7) is 2.97. The average Bonchev–Trinajstić information content (AvgIpc) is 2.25. The highest BCUT2D eigenvalue weighted by Gasteiger charge is 2.39. The standard InChI is InChI=1S/C12H20F3NO3/c1-5-6-16(8-12(13,14)15)7-9(17)11(2,3)10(18)19-4/h5-8H2,1-4H3. The Bertz CT molecular complexity index is 327. The van der Waals surface area contributed by atoms with Crippen LogP contribution in [0, 0.1) is 5.41 Å². The first kappa shape index (κ1) is 17.9. The maximum atomic E-state index is 12.4. The van der Waals surface area contributed by atoms with Gasteiger partial charge >= 0.3 is 12.1 Å². The molecule has 0 fully saturated rings. The monoisotopic (exact) mass is 283 g/mol. The molecule has 0 unspecified atom stereocenters. The number of halogens is 3. The molecule has 0 rings (SSSR count). The number of ketones is 1. The Balaban J connectivity index is 4.76. The molecule has 0 saturated heterocycles. The van der Waals surface area contributed by atoms with Crippen LogP contribution in [0.5, 0.6) is 0 Å². The van der Waals surface area contributed by atoms with Crippen LogP contribution < -0.4 is 0 Å². The second-order valence-electron chi connectivity index (χ2n) is 4.87. The van der Waals surface area contributed by atoms with Crippen molar-refractivity contribution in [3.63, 3.8) is 0 Å². The highest BCUT2D eigenvalue weighted by Crippen LogP contribution is 2.21. The number of Topliss-reactive ketones (excluding diaryl/α,β-unsaturated/α-hetero) is 1. The van der Waals surface area contributed by atoms with E-state index in [1.54, 1.807) is 6.92 Å². The van der Waals surface area contributed by atoms with Crippen molar-refractivity contribution in [3.8, 4) is 0 Å². The van der Waals surface area contributed by atoms with Crippen LogP contribution in [0.3, 0.4) is 0 Å². The van der Waals surface area contributed by atoms with Crippen molar-refractivity contribution in [1.82, 2.24) is 4.90 Å². The molecule has 0 aromatic carbocycles. The molecule has 0 aliphatic rings. The molecular weight excluding hydrogens is 263 g/mol. The molecular formula is C12H20F3NO3. The van der Waals surface area contributed by atoms with Crippen LogP contribution >= 0.6 is 0 Å². The number of ether oxygens (including phenoxy) is 1. The fraction of sp³-hybridized carbons (Fsp3) is 0.833. The molecule has 0 atom stereocenters. The van der Waals surface area contributed by atoms with E-state index < -0.39 is 36.4 Å². The third-order valence-corrected chi connectivity index (χ3v) is 2.70. The summed E-state index contributed by atoms with van der Waals surface area (Å²) >= 11 is 0. The van der Waals surface area contributed by atoms with E-state index in [9.17, 15) is 22.8 Å². The Morgan fingerprint density at radius 1 is 1.21 bits per heavy atom. The lowest BCUT2D eigenvalue weighted by atomic mass is 9.88. The summed E-state index contributed by atoms with van der Waals surface area (Å²) in [5.41, 5.74) is -1.44. The van der Waals surface area contributed by atoms with Gasteiger partial charge in [-0.15, -0.1) is 0 Å². The number of rotatable bonds is 7. The third kappa shape index (κ3) is 6.04. The summed E-state index contributed by atoms with van der Waals surface area (Å²) in [5.74, 6) is -1.34. The lowest BCUT2D eigenvalue weighted by Crippen LogP contribution is -2.45. The van der Waals surface area contributed by atoms with Crippen LogP contribution in [0.15, 0.2) is 0 Å². The van der Waals surface area contributed by atoms with Gasteiger partial charge in [-0.1, -0.05) is 6.92 Å². The number of alkyl halides is 3. The minimum absolute atomic E-state index is 0.141. The van der Waals surface area contributed by atoms with E-state index in [2.05, 4.69) is 4.74 Å². The van der Waals surface area contributed by atoms with Crippen LogP contribution in [0.25, 0.3) is 0 Å². The molecule has 0 aliphatic heterocycles. The molecule has 0 heterocycles. The molecule has 7 heteroatoms. The molecule has 19 heavy (non-hydrogen) atoms. The normalized spacial score (nSPS) is 12.6. The van der Waals surface area contributed by atoms with Crippen LogP contribution in [-0.2, 0) is 14.3 Å². The van der Waals surface area contributed by atoms with Crippen LogP contribution in [0.2, 0.25) is 0 Å². The van der Waals surface area contributed by atoms with Gasteiger partial charge in [-0.25, -0.2) is 0 Å². The van der Waals surface area contributed by atoms with E-state index in [4.69, 9.17) is 0 Å². The van der Waals surface area contributed by atoms with Crippen molar-refractivity contribution < 1.29 is 27.5 Å². The van der Waals surface area contributed by atoms with Gasteiger partial charge in [0, 0.05) is 0 Å². The van der Waals surface area contributed by atoms with Crippen molar-refractivity contribution >= 4 is 11.8 Å². The Morgan fingerprint density at radius 2 is 1.74 bits per heavy atom. The Morgan fingerprint density at radius 3 is 2.11 bits per heavy atom. The molecule has 0 bridgehead atoms. The molecule has 0 spiro atoms. The molecule has 4 nitrogen and oxygen atoms in total. The zero-order valence-electron chi connectivity index (χ0n) is 11.6. The summed E-state index contributed by atoms with van der Waals surface area (Å²) in [7, 11) is 1.14. The molecule has 0 radical (unpaired) electrons. The van der Waals surface area contributed by atoms with Crippen molar-refractivity contribution in [1.29, 1.82) is 0 Å². The lowest BCUT2D eigenvalue weighted by Gasteiger charge is -2.26. The zero-order valence-corrected chi connectivity index (χ0v) is 11.6.